The maximum Gasteiger partial charge on any atom is 0.0277 e. The summed E-state index contributed by atoms with van der Waals surface area (Å²) in [5, 5.41) is 0. The summed E-state index contributed by atoms with van der Waals surface area (Å²) in [4.78, 5) is 3.82. The summed E-state index contributed by atoms with van der Waals surface area (Å²) in [6.45, 7) is 7.83. The molecule has 0 spiro atoms. The van der Waals surface area contributed by atoms with Crippen molar-refractivity contribution in [2.45, 2.75) is 13.8 Å². The first-order valence-corrected chi connectivity index (χ1v) is 2.92. The second-order valence-corrected chi connectivity index (χ2v) is 2.18. The molecule has 0 heterocycles. The van der Waals surface area contributed by atoms with E-state index >= 15 is 0 Å². The van der Waals surface area contributed by atoms with Crippen molar-refractivity contribution in [2.24, 2.45) is 4.99 Å². The second-order valence-electron chi connectivity index (χ2n) is 2.18. The molecule has 0 radical (unpaired) electrons. The monoisotopic (exact) mass is 123 g/mol. The first-order chi connectivity index (χ1) is 4.16. The van der Waals surface area contributed by atoms with Crippen molar-refractivity contribution < 1.29 is 0 Å². The van der Waals surface area contributed by atoms with Gasteiger partial charge in [-0.15, -0.1) is 0 Å². The van der Waals surface area contributed by atoms with E-state index in [1.165, 1.54) is 5.57 Å². The van der Waals surface area contributed by atoms with Crippen molar-refractivity contribution in [2.75, 3.05) is 7.05 Å². The molecule has 50 valence electrons. The van der Waals surface area contributed by atoms with Gasteiger partial charge in [-0.2, -0.15) is 0 Å². The molecule has 0 aliphatic heterocycles. The molecule has 1 nitrogen and oxygen atoms in total. The van der Waals surface area contributed by atoms with Crippen LogP contribution in [0, 0.1) is 0 Å². The molecule has 0 atom stereocenters. The van der Waals surface area contributed by atoms with Gasteiger partial charge in [0.1, 0.15) is 0 Å². The molecule has 0 saturated carbocycles. The quantitative estimate of drug-likeness (QED) is 0.394. The van der Waals surface area contributed by atoms with Crippen molar-refractivity contribution >= 4 is 6.21 Å². The van der Waals surface area contributed by atoms with E-state index in [0.29, 0.717) is 0 Å². The zero-order valence-corrected chi connectivity index (χ0v) is 6.31. The van der Waals surface area contributed by atoms with Gasteiger partial charge in [-0.3, -0.25) is 4.99 Å². The van der Waals surface area contributed by atoms with Gasteiger partial charge in [-0.25, -0.2) is 0 Å². The Morgan fingerprint density at radius 2 is 2.00 bits per heavy atom. The SMILES string of the molecule is C=C(C=NC)C=C(C)C. The largest absolute Gasteiger partial charge is 0.296 e. The van der Waals surface area contributed by atoms with E-state index in [1.54, 1.807) is 13.3 Å². The number of rotatable bonds is 2. The highest BCUT2D eigenvalue weighted by Crippen LogP contribution is 1.94. The molecule has 9 heavy (non-hydrogen) atoms. The number of allylic oxidation sites excluding steroid dienone is 3. The number of nitrogens with zero attached hydrogens (tertiary/aromatic N) is 1. The Bertz CT molecular complexity index is 148. The molecule has 0 aromatic carbocycles. The van der Waals surface area contributed by atoms with Crippen LogP contribution in [0.15, 0.2) is 28.8 Å². The van der Waals surface area contributed by atoms with Crippen LogP contribution < -0.4 is 0 Å². The van der Waals surface area contributed by atoms with Gasteiger partial charge < -0.3 is 0 Å². The van der Waals surface area contributed by atoms with Gasteiger partial charge >= 0.3 is 0 Å². The fourth-order valence-electron chi connectivity index (χ4n) is 0.574. The van der Waals surface area contributed by atoms with Gasteiger partial charge in [-0.05, 0) is 19.4 Å². The summed E-state index contributed by atoms with van der Waals surface area (Å²) in [5.74, 6) is 0. The van der Waals surface area contributed by atoms with Gasteiger partial charge in [0.05, 0.1) is 0 Å². The van der Waals surface area contributed by atoms with E-state index in [9.17, 15) is 0 Å². The first-order valence-electron chi connectivity index (χ1n) is 2.92. The Kier molecular flexibility index (Phi) is 3.69. The third-order valence-corrected chi connectivity index (χ3v) is 0.769. The zero-order valence-electron chi connectivity index (χ0n) is 6.31. The van der Waals surface area contributed by atoms with Crippen LogP contribution in [0.1, 0.15) is 13.8 Å². The van der Waals surface area contributed by atoms with Crippen LogP contribution in [0.4, 0.5) is 0 Å². The van der Waals surface area contributed by atoms with Crippen LogP contribution in [0.2, 0.25) is 0 Å². The first kappa shape index (κ1) is 8.15. The van der Waals surface area contributed by atoms with Crippen molar-refractivity contribution in [3.8, 4) is 0 Å². The van der Waals surface area contributed by atoms with Crippen LogP contribution in [-0.2, 0) is 0 Å². The summed E-state index contributed by atoms with van der Waals surface area (Å²) in [5.41, 5.74) is 2.21. The molecular weight excluding hydrogens is 110 g/mol. The van der Waals surface area contributed by atoms with Gasteiger partial charge in [0.15, 0.2) is 0 Å². The second kappa shape index (κ2) is 4.07. The highest BCUT2D eigenvalue weighted by Gasteiger charge is 1.79. The summed E-state index contributed by atoms with van der Waals surface area (Å²) >= 11 is 0. The average Bonchev–Trinajstić information content (AvgIpc) is 1.63. The molecule has 0 rings (SSSR count). The molecule has 0 saturated heterocycles. The normalized spacial score (nSPS) is 9.67. The van der Waals surface area contributed by atoms with Crippen LogP contribution in [-0.4, -0.2) is 13.3 Å². The minimum atomic E-state index is 0.956. The van der Waals surface area contributed by atoms with E-state index in [0.717, 1.165) is 5.57 Å². The molecule has 0 N–H and O–H groups in total. The maximum absolute atomic E-state index is 3.82. The lowest BCUT2D eigenvalue weighted by atomic mass is 10.2. The van der Waals surface area contributed by atoms with E-state index in [2.05, 4.69) is 11.6 Å². The Morgan fingerprint density at radius 1 is 1.44 bits per heavy atom. The fourth-order valence-corrected chi connectivity index (χ4v) is 0.574. The lowest BCUT2D eigenvalue weighted by molar-refractivity contribution is 1.38. The average molecular weight is 123 g/mol. The van der Waals surface area contributed by atoms with Crippen molar-refractivity contribution in [1.29, 1.82) is 0 Å². The van der Waals surface area contributed by atoms with Gasteiger partial charge in [0, 0.05) is 13.3 Å². The van der Waals surface area contributed by atoms with E-state index in [4.69, 9.17) is 0 Å². The van der Waals surface area contributed by atoms with Crippen LogP contribution in [0.25, 0.3) is 0 Å². The van der Waals surface area contributed by atoms with Crippen LogP contribution >= 0.6 is 0 Å². The number of hydrogen-bond acceptors (Lipinski definition) is 1. The van der Waals surface area contributed by atoms with Gasteiger partial charge in [-0.1, -0.05) is 18.2 Å². The Hall–Kier alpha value is -0.850. The lowest BCUT2D eigenvalue weighted by Crippen LogP contribution is -1.76. The fraction of sp³-hybridized carbons (Fsp3) is 0.375. The van der Waals surface area contributed by atoms with Crippen molar-refractivity contribution in [3.05, 3.63) is 23.8 Å². The van der Waals surface area contributed by atoms with Crippen molar-refractivity contribution in [3.63, 3.8) is 0 Å². The molecule has 0 amide bonds. The zero-order chi connectivity index (χ0) is 7.28. The third-order valence-electron chi connectivity index (χ3n) is 0.769. The molecule has 0 unspecified atom stereocenters. The standard InChI is InChI=1S/C8H13N/c1-7(2)5-8(3)6-9-4/h5-6H,3H2,1-2,4H3. The van der Waals surface area contributed by atoms with Gasteiger partial charge in [0.2, 0.25) is 0 Å². The number of hydrogen-bond donors (Lipinski definition) is 0. The molecule has 0 bridgehead atoms. The summed E-state index contributed by atoms with van der Waals surface area (Å²) < 4.78 is 0. The smallest absolute Gasteiger partial charge is 0.0277 e. The molecule has 0 aliphatic rings. The minimum Gasteiger partial charge on any atom is -0.296 e. The van der Waals surface area contributed by atoms with E-state index in [1.807, 2.05) is 19.9 Å². The van der Waals surface area contributed by atoms with Crippen molar-refractivity contribution in [1.82, 2.24) is 0 Å². The Balaban J connectivity index is 3.93. The Morgan fingerprint density at radius 3 is 2.33 bits per heavy atom. The Labute approximate surface area is 56.8 Å². The molecular formula is C8H13N. The topological polar surface area (TPSA) is 12.4 Å². The molecule has 1 heteroatoms. The highest BCUT2D eigenvalue weighted by atomic mass is 14.6. The highest BCUT2D eigenvalue weighted by molar-refractivity contribution is 5.81. The maximum atomic E-state index is 3.82. The predicted octanol–water partition coefficient (Wildman–Crippen LogP) is 2.21. The summed E-state index contributed by atoms with van der Waals surface area (Å²) in [7, 11) is 1.74. The van der Waals surface area contributed by atoms with Gasteiger partial charge in [0.25, 0.3) is 0 Å². The molecule has 0 aromatic rings. The number of aliphatic imine (C=N–C) groups is 1. The van der Waals surface area contributed by atoms with Crippen LogP contribution in [0.3, 0.4) is 0 Å². The molecule has 0 fully saturated rings. The molecule has 0 aliphatic carbocycles. The summed E-state index contributed by atoms with van der Waals surface area (Å²) in [6.07, 6.45) is 3.74. The lowest BCUT2D eigenvalue weighted by Gasteiger charge is -1.88. The van der Waals surface area contributed by atoms with E-state index < -0.39 is 0 Å². The van der Waals surface area contributed by atoms with Crippen LogP contribution in [0.5, 0.6) is 0 Å². The summed E-state index contributed by atoms with van der Waals surface area (Å²) in [6, 6.07) is 0. The predicted molar refractivity (Wildman–Crippen MR) is 43.0 cm³/mol. The third kappa shape index (κ3) is 5.01. The molecule has 0 aromatic heterocycles. The van der Waals surface area contributed by atoms with E-state index in [-0.39, 0.29) is 0 Å². The minimum absolute atomic E-state index is 0.956.